The molecular formula is C6H13NO3. The van der Waals surface area contributed by atoms with Crippen molar-refractivity contribution >= 4 is 5.97 Å². The van der Waals surface area contributed by atoms with Crippen molar-refractivity contribution in [1.82, 2.24) is 0 Å². The molecule has 0 aliphatic carbocycles. The first-order valence-corrected chi connectivity index (χ1v) is 3.19. The smallest absolute Gasteiger partial charge is 0.325 e. The molecule has 0 aromatic heterocycles. The number of ether oxygens (including phenoxy) is 1. The molecule has 0 heterocycles. The Morgan fingerprint density at radius 3 is 2.60 bits per heavy atom. The first kappa shape index (κ1) is 9.39. The van der Waals surface area contributed by atoms with Crippen LogP contribution in [0, 0.1) is 0 Å². The van der Waals surface area contributed by atoms with E-state index in [2.05, 4.69) is 4.74 Å². The quantitative estimate of drug-likeness (QED) is 0.515. The van der Waals surface area contributed by atoms with Gasteiger partial charge in [0, 0.05) is 0 Å². The molecule has 4 heteroatoms. The SMILES string of the molecule is CCOC(=O)C(N)C(C)O. The van der Waals surface area contributed by atoms with Crippen LogP contribution in [0.25, 0.3) is 0 Å². The highest BCUT2D eigenvalue weighted by Gasteiger charge is 2.19. The second kappa shape index (κ2) is 4.24. The van der Waals surface area contributed by atoms with E-state index in [9.17, 15) is 4.79 Å². The Morgan fingerprint density at radius 1 is 1.80 bits per heavy atom. The summed E-state index contributed by atoms with van der Waals surface area (Å²) in [6.45, 7) is 3.42. The van der Waals surface area contributed by atoms with E-state index >= 15 is 0 Å². The van der Waals surface area contributed by atoms with Crippen LogP contribution in [-0.4, -0.2) is 29.8 Å². The topological polar surface area (TPSA) is 72.5 Å². The van der Waals surface area contributed by atoms with Gasteiger partial charge in [-0.25, -0.2) is 0 Å². The highest BCUT2D eigenvalue weighted by molar-refractivity contribution is 5.76. The van der Waals surface area contributed by atoms with Gasteiger partial charge in [-0.2, -0.15) is 0 Å². The van der Waals surface area contributed by atoms with Crippen molar-refractivity contribution in [3.63, 3.8) is 0 Å². The van der Waals surface area contributed by atoms with Crippen LogP contribution in [0.4, 0.5) is 0 Å². The van der Waals surface area contributed by atoms with Crippen LogP contribution in [0.1, 0.15) is 13.8 Å². The summed E-state index contributed by atoms with van der Waals surface area (Å²) in [6, 6.07) is -0.917. The Kier molecular flexibility index (Phi) is 3.99. The predicted molar refractivity (Wildman–Crippen MR) is 36.3 cm³/mol. The molecule has 0 aromatic rings. The molecule has 0 aliphatic rings. The Bertz CT molecular complexity index is 114. The van der Waals surface area contributed by atoms with Crippen molar-refractivity contribution in [2.45, 2.75) is 26.0 Å². The van der Waals surface area contributed by atoms with Crippen LogP contribution in [0.5, 0.6) is 0 Å². The van der Waals surface area contributed by atoms with Gasteiger partial charge in [-0.15, -0.1) is 0 Å². The second-order valence-corrected chi connectivity index (χ2v) is 2.02. The van der Waals surface area contributed by atoms with Crippen LogP contribution in [0.15, 0.2) is 0 Å². The minimum atomic E-state index is -0.917. The van der Waals surface area contributed by atoms with E-state index in [1.54, 1.807) is 6.92 Å². The van der Waals surface area contributed by atoms with Gasteiger partial charge in [-0.05, 0) is 13.8 Å². The van der Waals surface area contributed by atoms with Crippen molar-refractivity contribution < 1.29 is 14.6 Å². The number of hydrogen-bond donors (Lipinski definition) is 2. The molecule has 3 N–H and O–H groups in total. The number of carbonyl (C=O) groups excluding carboxylic acids is 1. The summed E-state index contributed by atoms with van der Waals surface area (Å²) in [5.74, 6) is -0.558. The molecule has 60 valence electrons. The summed E-state index contributed by atoms with van der Waals surface area (Å²) in [5.41, 5.74) is 5.22. The summed E-state index contributed by atoms with van der Waals surface area (Å²) >= 11 is 0. The maximum Gasteiger partial charge on any atom is 0.325 e. The molecule has 2 unspecified atom stereocenters. The molecule has 0 fully saturated rings. The van der Waals surface area contributed by atoms with Gasteiger partial charge in [0.2, 0.25) is 0 Å². The molecule has 0 aliphatic heterocycles. The van der Waals surface area contributed by atoms with E-state index in [4.69, 9.17) is 10.8 Å². The van der Waals surface area contributed by atoms with Gasteiger partial charge < -0.3 is 15.6 Å². The molecule has 0 radical (unpaired) electrons. The summed E-state index contributed by atoms with van der Waals surface area (Å²) in [4.78, 5) is 10.7. The number of esters is 1. The number of nitrogens with two attached hydrogens (primary N) is 1. The van der Waals surface area contributed by atoms with E-state index in [0.29, 0.717) is 6.61 Å². The largest absolute Gasteiger partial charge is 0.465 e. The molecule has 2 atom stereocenters. The maximum absolute atomic E-state index is 10.7. The fourth-order valence-corrected chi connectivity index (χ4v) is 0.435. The molecule has 4 nitrogen and oxygen atoms in total. The maximum atomic E-state index is 10.7. The number of aliphatic hydroxyl groups excluding tert-OH is 1. The molecule has 10 heavy (non-hydrogen) atoms. The van der Waals surface area contributed by atoms with Gasteiger partial charge in [-0.3, -0.25) is 4.79 Å². The van der Waals surface area contributed by atoms with E-state index in [1.165, 1.54) is 6.92 Å². The van der Waals surface area contributed by atoms with Gasteiger partial charge in [0.15, 0.2) is 0 Å². The lowest BCUT2D eigenvalue weighted by atomic mass is 10.2. The van der Waals surface area contributed by atoms with E-state index in [-0.39, 0.29) is 0 Å². The molecule has 0 saturated heterocycles. The monoisotopic (exact) mass is 147 g/mol. The van der Waals surface area contributed by atoms with Gasteiger partial charge in [0.05, 0.1) is 12.7 Å². The third-order valence-corrected chi connectivity index (χ3v) is 1.08. The summed E-state index contributed by atoms with van der Waals surface area (Å²) in [7, 11) is 0. The Labute approximate surface area is 60.0 Å². The first-order chi connectivity index (χ1) is 4.59. The predicted octanol–water partition coefficient (Wildman–Crippen LogP) is -0.742. The standard InChI is InChI=1S/C6H13NO3/c1-3-10-6(9)5(7)4(2)8/h4-5,8H,3,7H2,1-2H3. The van der Waals surface area contributed by atoms with Crippen molar-refractivity contribution in [2.75, 3.05) is 6.61 Å². The zero-order valence-corrected chi connectivity index (χ0v) is 6.20. The zero-order chi connectivity index (χ0) is 8.15. The van der Waals surface area contributed by atoms with Gasteiger partial charge in [0.25, 0.3) is 0 Å². The summed E-state index contributed by atoms with van der Waals surface area (Å²) in [6.07, 6.45) is -0.848. The van der Waals surface area contributed by atoms with Crippen molar-refractivity contribution in [2.24, 2.45) is 5.73 Å². The third kappa shape index (κ3) is 2.80. The molecule has 0 bridgehead atoms. The van der Waals surface area contributed by atoms with Crippen LogP contribution < -0.4 is 5.73 Å². The fraction of sp³-hybridized carbons (Fsp3) is 0.833. The molecule has 0 saturated carbocycles. The van der Waals surface area contributed by atoms with Crippen LogP contribution in [0.3, 0.4) is 0 Å². The van der Waals surface area contributed by atoms with E-state index in [1.807, 2.05) is 0 Å². The molecular weight excluding hydrogens is 134 g/mol. The van der Waals surface area contributed by atoms with Crippen LogP contribution in [-0.2, 0) is 9.53 Å². The van der Waals surface area contributed by atoms with Crippen LogP contribution >= 0.6 is 0 Å². The number of aliphatic hydroxyl groups is 1. The van der Waals surface area contributed by atoms with Crippen molar-refractivity contribution in [3.8, 4) is 0 Å². The fourth-order valence-electron chi connectivity index (χ4n) is 0.435. The molecule has 0 aromatic carbocycles. The Balaban J connectivity index is 3.71. The number of carbonyl (C=O) groups is 1. The highest BCUT2D eigenvalue weighted by Crippen LogP contribution is 1.91. The van der Waals surface area contributed by atoms with Gasteiger partial charge in [0.1, 0.15) is 6.04 Å². The summed E-state index contributed by atoms with van der Waals surface area (Å²) < 4.78 is 4.54. The average Bonchev–Trinajstić information content (AvgIpc) is 1.87. The average molecular weight is 147 g/mol. The van der Waals surface area contributed by atoms with E-state index in [0.717, 1.165) is 0 Å². The third-order valence-electron chi connectivity index (χ3n) is 1.08. The van der Waals surface area contributed by atoms with Gasteiger partial charge in [-0.1, -0.05) is 0 Å². The van der Waals surface area contributed by atoms with Crippen molar-refractivity contribution in [3.05, 3.63) is 0 Å². The minimum Gasteiger partial charge on any atom is -0.465 e. The highest BCUT2D eigenvalue weighted by atomic mass is 16.5. The Hall–Kier alpha value is -0.610. The second-order valence-electron chi connectivity index (χ2n) is 2.02. The lowest BCUT2D eigenvalue weighted by molar-refractivity contribution is -0.147. The molecule has 0 spiro atoms. The summed E-state index contributed by atoms with van der Waals surface area (Å²) in [5, 5.41) is 8.79. The lowest BCUT2D eigenvalue weighted by Gasteiger charge is -2.11. The van der Waals surface area contributed by atoms with Gasteiger partial charge >= 0.3 is 5.97 Å². The molecule has 0 rings (SSSR count). The Morgan fingerprint density at radius 2 is 2.30 bits per heavy atom. The lowest BCUT2D eigenvalue weighted by Crippen LogP contribution is -2.41. The zero-order valence-electron chi connectivity index (χ0n) is 6.20. The van der Waals surface area contributed by atoms with Crippen molar-refractivity contribution in [1.29, 1.82) is 0 Å². The minimum absolute atomic E-state index is 0.291. The molecule has 0 amide bonds. The number of rotatable bonds is 3. The van der Waals surface area contributed by atoms with Crippen LogP contribution in [0.2, 0.25) is 0 Å². The normalized spacial score (nSPS) is 16.0. The number of hydrogen-bond acceptors (Lipinski definition) is 4. The first-order valence-electron chi connectivity index (χ1n) is 3.19. The van der Waals surface area contributed by atoms with E-state index < -0.39 is 18.1 Å².